The van der Waals surface area contributed by atoms with Gasteiger partial charge in [-0.2, -0.15) is 0 Å². The summed E-state index contributed by atoms with van der Waals surface area (Å²) in [5.41, 5.74) is 46.0. The van der Waals surface area contributed by atoms with Crippen molar-refractivity contribution < 1.29 is 102 Å². The van der Waals surface area contributed by atoms with Crippen LogP contribution >= 0.6 is 21.6 Å². The van der Waals surface area contributed by atoms with Crippen molar-refractivity contribution >= 4 is 163 Å². The maximum Gasteiger partial charge on any atom is 0.312 e. The van der Waals surface area contributed by atoms with E-state index < -0.39 is 266 Å². The second-order valence-corrected chi connectivity index (χ2v) is 37.3. The molecule has 2 aliphatic rings. The number of nitrogens with zero attached hydrogens (tertiary/aromatic N) is 1. The molecule has 55 heteroatoms. The van der Waals surface area contributed by atoms with E-state index in [1.54, 1.807) is 42.5 Å². The van der Waals surface area contributed by atoms with Crippen LogP contribution in [-0.4, -0.2) is 299 Å². The zero-order chi connectivity index (χ0) is 107. The standard InChI is InChI=1S/C91H138N32O21S2/c1-49(124)110-58(17-7-37-105-87(96)97)73(130)113-62(19-9-39-107-89(100)101)77(134)118-67(46-52-23-28-53-13-2-3-14-54(53)43-52)81(138)122-69-48-146-145-47-68(82(139)111-57(72(93)129)16-6-36-104-86(94)95)121-78(135)63(21-11-41-109-91(103)144)114-75(132)60(18-8-38-106-88(98)99)116-80(137)66(45-51-26-31-56(126)32-27-51)120-84(141)70-22-12-42-123(70)85(142)64(33-34-71(127)128)117-76(133)59(15-4-5-35-92)112-74(131)61(20-10-40-108-90(102)143)115-79(136)65(119-83(69)140)44-50-24-29-55(125)30-25-50/h2-3,13-14,23-32,43,57-70,125-126H,4-12,15-22,33-42,44-48,92H2,1H3,(H2,93,129)(H,110,124)(H,111,139)(H,112,131)(H,113,130)(H,114,132)(H,115,136)(H,116,137)(H,117,133)(H,118,134)(H,119,140)(H,120,141)(H,121,135)(H,122,138)(H,127,128)(H4,94,95,104)(H4,96,97,105)(H4,98,99,106)(H4,100,101,107)(H3,102,108,143)(H3,103,109,144)/t57-,58-,59-,60-,61-,62-,63-,64+,65-,66-,67-,68-,69-,70-/m0/s1. The highest BCUT2D eigenvalue weighted by Crippen LogP contribution is 2.27. The first-order valence-electron chi connectivity index (χ1n) is 47.6. The van der Waals surface area contributed by atoms with Crippen LogP contribution in [0.3, 0.4) is 0 Å². The van der Waals surface area contributed by atoms with Crippen LogP contribution < -0.4 is 147 Å². The number of hydrogen-bond donors (Lipinski definition) is 34. The number of benzene rings is 4. The number of primary amides is 3. The minimum Gasteiger partial charge on any atom is -0.508 e. The first kappa shape index (κ1) is 119. The molecule has 42 N–H and O–H groups in total. The van der Waals surface area contributed by atoms with E-state index >= 15 is 57.5 Å². The molecule has 0 spiro atoms. The molecule has 2 saturated heterocycles. The maximum atomic E-state index is 16.1. The number of urea groups is 2. The molecule has 0 radical (unpaired) electrons. The summed E-state index contributed by atoms with van der Waals surface area (Å²) in [6, 6.07) is -3.00. The van der Waals surface area contributed by atoms with Crippen LogP contribution in [0.5, 0.6) is 11.5 Å². The summed E-state index contributed by atoms with van der Waals surface area (Å²) < 4.78 is 0. The number of fused-ring (bicyclic) bond motifs is 2. The Labute approximate surface area is 849 Å². The summed E-state index contributed by atoms with van der Waals surface area (Å²) in [6.45, 7) is 0.442. The van der Waals surface area contributed by atoms with Gasteiger partial charge in [0.25, 0.3) is 0 Å². The molecule has 4 aromatic carbocycles. The summed E-state index contributed by atoms with van der Waals surface area (Å²) >= 11 is 0. The molecule has 2 heterocycles. The highest BCUT2D eigenvalue weighted by Gasteiger charge is 2.43. The molecule has 4 aromatic rings. The van der Waals surface area contributed by atoms with Crippen molar-refractivity contribution in [3.05, 3.63) is 108 Å². The molecule has 0 bridgehead atoms. The molecule has 0 saturated carbocycles. The topological polar surface area (TPSA) is 903 Å². The molecule has 6 rings (SSSR count). The van der Waals surface area contributed by atoms with Gasteiger partial charge < -0.3 is 167 Å². The van der Waals surface area contributed by atoms with Gasteiger partial charge in [0.1, 0.15) is 96.1 Å². The van der Waals surface area contributed by atoms with Crippen molar-refractivity contribution in [2.45, 2.75) is 233 Å². The van der Waals surface area contributed by atoms with E-state index in [-0.39, 0.29) is 172 Å². The minimum absolute atomic E-state index is 0.0129. The van der Waals surface area contributed by atoms with Gasteiger partial charge in [-0.25, -0.2) is 9.59 Å². The van der Waals surface area contributed by atoms with Crippen LogP contribution in [0.25, 0.3) is 10.8 Å². The van der Waals surface area contributed by atoms with E-state index in [0.29, 0.717) is 16.5 Å². The minimum atomic E-state index is -1.96. The number of carbonyl (C=O) groups is 18. The number of phenols is 2. The number of carboxylic acid groups (broad SMARTS) is 1. The number of nitrogens with one attached hydrogen (secondary N) is 23. The molecule has 0 unspecified atom stereocenters. The zero-order valence-electron chi connectivity index (χ0n) is 80.9. The monoisotopic (exact) mass is 2080 g/mol. The van der Waals surface area contributed by atoms with Gasteiger partial charge >= 0.3 is 18.0 Å². The fourth-order valence-corrected chi connectivity index (χ4v) is 18.0. The second-order valence-electron chi connectivity index (χ2n) is 34.8. The Morgan fingerprint density at radius 2 is 0.829 bits per heavy atom. The molecular weight excluding hydrogens is 1940 g/mol. The van der Waals surface area contributed by atoms with E-state index in [2.05, 4.69) is 101 Å². The summed E-state index contributed by atoms with van der Waals surface area (Å²) in [5.74, 6) is -20.8. The van der Waals surface area contributed by atoms with Crippen molar-refractivity contribution in [1.29, 1.82) is 21.6 Å². The van der Waals surface area contributed by atoms with Crippen molar-refractivity contribution in [2.75, 3.05) is 63.9 Å². The average Bonchev–Trinajstić information content (AvgIpc) is 1.58. The Morgan fingerprint density at radius 1 is 0.425 bits per heavy atom. The smallest absolute Gasteiger partial charge is 0.312 e. The van der Waals surface area contributed by atoms with Gasteiger partial charge in [-0.05, 0) is 174 Å². The average molecular weight is 2080 g/mol. The number of aliphatic carboxylic acids is 1. The summed E-state index contributed by atoms with van der Waals surface area (Å²) in [4.78, 5) is 264. The van der Waals surface area contributed by atoms with Crippen molar-refractivity contribution in [2.24, 2.45) is 45.9 Å². The van der Waals surface area contributed by atoms with E-state index in [1.807, 2.05) is 0 Å². The highest BCUT2D eigenvalue weighted by atomic mass is 33.1. The van der Waals surface area contributed by atoms with Crippen LogP contribution in [0, 0.1) is 21.6 Å². The molecule has 2 aliphatic heterocycles. The quantitative estimate of drug-likeness (QED) is 0.00846. The molecule has 146 heavy (non-hydrogen) atoms. The number of hydrogen-bond acceptors (Lipinski definition) is 27. The molecule has 53 nitrogen and oxygen atoms in total. The number of phenolic OH excluding ortho intramolecular Hbond substituents is 2. The van der Waals surface area contributed by atoms with E-state index in [9.17, 15) is 44.1 Å². The van der Waals surface area contributed by atoms with E-state index in [0.717, 1.165) is 38.8 Å². The van der Waals surface area contributed by atoms with Crippen molar-refractivity contribution in [3.8, 4) is 11.5 Å². The summed E-state index contributed by atoms with van der Waals surface area (Å²) in [6.07, 6.45) is -4.49. The summed E-state index contributed by atoms with van der Waals surface area (Å²) in [7, 11) is 1.44. The van der Waals surface area contributed by atoms with Crippen LogP contribution in [0.1, 0.15) is 146 Å². The number of nitrogens with two attached hydrogens (primary N) is 8. The number of guanidine groups is 4. The van der Waals surface area contributed by atoms with Crippen LogP contribution in [-0.2, 0) is 96.0 Å². The van der Waals surface area contributed by atoms with E-state index in [1.165, 1.54) is 48.5 Å². The van der Waals surface area contributed by atoms with Crippen LogP contribution in [0.4, 0.5) is 9.59 Å². The Bertz CT molecular complexity index is 5190. The molecular formula is C91H138N32O21S2. The SMILES string of the molecule is CC(=O)N[C@@H](CCCNC(=N)N)C(=O)N[C@@H](CCCNC(=N)N)C(=O)N[C@@H](Cc1ccc2ccccc2c1)C(=O)N[C@H]1CSSC[C@@H](C(=O)N[C@@H](CCCNC(=N)N)C(N)=O)NC(=O)[C@H](CCCNC(N)=O)NC(=O)[C@H](CCCNC(=N)N)NC(=O)[C@H](Cc2ccc(O)cc2)NC(=O)[C@@H]2CCCN2C(=O)[C@@H](CCC(=O)O)NC(=O)[C@H](CCCCN)NC(=O)[C@H](CCCNC(N)=O)NC(=O)[C@H](Cc2ccc(O)cc2)NC1=O. The molecule has 14 atom stereocenters. The zero-order valence-corrected chi connectivity index (χ0v) is 82.6. The van der Waals surface area contributed by atoms with Gasteiger partial charge in [0, 0.05) is 89.9 Å². The van der Waals surface area contributed by atoms with Crippen molar-refractivity contribution in [3.63, 3.8) is 0 Å². The maximum absolute atomic E-state index is 16.1. The van der Waals surface area contributed by atoms with Gasteiger partial charge in [0.2, 0.25) is 88.6 Å². The first-order chi connectivity index (χ1) is 69.5. The Hall–Kier alpha value is -15.5. The lowest BCUT2D eigenvalue weighted by molar-refractivity contribution is -0.143. The van der Waals surface area contributed by atoms with Crippen LogP contribution in [0.2, 0.25) is 0 Å². The second kappa shape index (κ2) is 62.8. The normalized spacial score (nSPS) is 20.0. The predicted octanol–water partition coefficient (Wildman–Crippen LogP) is -6.58. The van der Waals surface area contributed by atoms with Gasteiger partial charge in [-0.15, -0.1) is 0 Å². The lowest BCUT2D eigenvalue weighted by Gasteiger charge is -2.31. The number of unbranched alkanes of at least 4 members (excludes halogenated alkanes) is 1. The molecule has 2 fully saturated rings. The lowest BCUT2D eigenvalue weighted by Crippen LogP contribution is -2.61. The third-order valence-electron chi connectivity index (χ3n) is 23.2. The largest absolute Gasteiger partial charge is 0.508 e. The number of amides is 19. The third-order valence-corrected chi connectivity index (χ3v) is 25.6. The van der Waals surface area contributed by atoms with Gasteiger partial charge in [0.05, 0.1) is 0 Å². The molecule has 800 valence electrons. The van der Waals surface area contributed by atoms with Gasteiger partial charge in [0.15, 0.2) is 23.8 Å². The lowest BCUT2D eigenvalue weighted by atomic mass is 10.00. The molecule has 0 aromatic heterocycles. The molecule has 0 aliphatic carbocycles. The summed E-state index contributed by atoms with van der Waals surface area (Å²) in [5, 5.41) is 113. The number of rotatable bonds is 47. The fraction of sp³-hybridized carbons (Fsp3) is 0.516. The van der Waals surface area contributed by atoms with E-state index in [4.69, 9.17) is 67.5 Å². The Balaban J connectivity index is 1.63. The van der Waals surface area contributed by atoms with Gasteiger partial charge in [-0.3, -0.25) is 98.3 Å². The van der Waals surface area contributed by atoms with Crippen LogP contribution in [0.15, 0.2) is 91.0 Å². The van der Waals surface area contributed by atoms with Crippen molar-refractivity contribution in [1.82, 2.24) is 106 Å². The number of carboxylic acids is 1. The first-order valence-corrected chi connectivity index (χ1v) is 50.1. The Kier molecular flexibility index (Phi) is 51.3. The third kappa shape index (κ3) is 44.2. The fourth-order valence-electron chi connectivity index (χ4n) is 15.6. The highest BCUT2D eigenvalue weighted by molar-refractivity contribution is 8.76. The Morgan fingerprint density at radius 3 is 1.29 bits per heavy atom. The number of carbonyl (C=O) groups excluding carboxylic acids is 17. The van der Waals surface area contributed by atoms with Gasteiger partial charge in [-0.1, -0.05) is 88.3 Å². The molecule has 19 amide bonds. The number of aromatic hydroxyl groups is 2. The predicted molar refractivity (Wildman–Crippen MR) is 541 cm³/mol.